The highest BCUT2D eigenvalue weighted by Crippen LogP contribution is 2.21. The van der Waals surface area contributed by atoms with Gasteiger partial charge in [-0.25, -0.2) is 0 Å². The Balaban J connectivity index is 1.98. The third-order valence-corrected chi connectivity index (χ3v) is 4.04. The molecule has 1 aliphatic rings. The molecular weight excluding hydrogens is 261 g/mol. The lowest BCUT2D eigenvalue weighted by Crippen LogP contribution is -2.45. The van der Waals surface area contributed by atoms with Gasteiger partial charge < -0.3 is 10.2 Å². The Morgan fingerprint density at radius 2 is 2.30 bits per heavy atom. The molecular formula is C14H20FN3O2. The topological polar surface area (TPSA) is 58.4 Å². The van der Waals surface area contributed by atoms with Crippen LogP contribution in [0.2, 0.25) is 0 Å². The van der Waals surface area contributed by atoms with Crippen LogP contribution in [0.25, 0.3) is 0 Å². The maximum Gasteiger partial charge on any atom is 0.305 e. The molecule has 0 aliphatic carbocycles. The van der Waals surface area contributed by atoms with Crippen molar-refractivity contribution in [2.75, 3.05) is 13.6 Å². The lowest BCUT2D eigenvalue weighted by atomic mass is 9.98. The van der Waals surface area contributed by atoms with Crippen LogP contribution in [0.4, 0.5) is 10.1 Å². The van der Waals surface area contributed by atoms with Crippen LogP contribution >= 0.6 is 0 Å². The van der Waals surface area contributed by atoms with Gasteiger partial charge in [0.2, 0.25) is 5.82 Å². The summed E-state index contributed by atoms with van der Waals surface area (Å²) in [4.78, 5) is 12.3. The zero-order chi connectivity index (χ0) is 14.7. The SMILES string of the molecule is CC1CC(NCc2cccc([N+](=O)[O-])c2F)CCN1C. The average molecular weight is 281 g/mol. The van der Waals surface area contributed by atoms with Crippen molar-refractivity contribution in [2.24, 2.45) is 0 Å². The van der Waals surface area contributed by atoms with Gasteiger partial charge in [-0.3, -0.25) is 10.1 Å². The van der Waals surface area contributed by atoms with Gasteiger partial charge in [-0.1, -0.05) is 12.1 Å². The van der Waals surface area contributed by atoms with E-state index in [4.69, 9.17) is 0 Å². The summed E-state index contributed by atoms with van der Waals surface area (Å²) in [5.74, 6) is -0.731. The van der Waals surface area contributed by atoms with E-state index in [-0.39, 0.29) is 0 Å². The summed E-state index contributed by atoms with van der Waals surface area (Å²) in [5.41, 5.74) is -0.105. The van der Waals surface area contributed by atoms with Crippen molar-refractivity contribution < 1.29 is 9.31 Å². The highest BCUT2D eigenvalue weighted by molar-refractivity contribution is 5.36. The Morgan fingerprint density at radius 1 is 1.55 bits per heavy atom. The predicted molar refractivity (Wildman–Crippen MR) is 75.0 cm³/mol. The van der Waals surface area contributed by atoms with Gasteiger partial charge in [-0.15, -0.1) is 0 Å². The number of nitro groups is 1. The number of nitrogens with zero attached hydrogens (tertiary/aromatic N) is 2. The van der Waals surface area contributed by atoms with E-state index in [0.29, 0.717) is 24.2 Å². The quantitative estimate of drug-likeness (QED) is 0.679. The monoisotopic (exact) mass is 281 g/mol. The molecule has 1 aromatic carbocycles. The third kappa shape index (κ3) is 3.32. The minimum atomic E-state index is -0.731. The molecule has 1 aliphatic heterocycles. The fourth-order valence-electron chi connectivity index (χ4n) is 2.57. The number of benzene rings is 1. The number of likely N-dealkylation sites (tertiary alicyclic amines) is 1. The number of rotatable bonds is 4. The Labute approximate surface area is 117 Å². The summed E-state index contributed by atoms with van der Waals surface area (Å²) in [6, 6.07) is 5.13. The average Bonchev–Trinajstić information content (AvgIpc) is 2.41. The van der Waals surface area contributed by atoms with Crippen molar-refractivity contribution in [1.29, 1.82) is 0 Å². The first kappa shape index (κ1) is 14.9. The number of halogens is 1. The molecule has 0 bridgehead atoms. The van der Waals surface area contributed by atoms with Crippen LogP contribution in [-0.4, -0.2) is 35.5 Å². The van der Waals surface area contributed by atoms with Crippen LogP contribution < -0.4 is 5.32 Å². The summed E-state index contributed by atoms with van der Waals surface area (Å²) < 4.78 is 13.9. The molecule has 0 amide bonds. The molecule has 1 aromatic rings. The van der Waals surface area contributed by atoms with E-state index in [9.17, 15) is 14.5 Å². The zero-order valence-corrected chi connectivity index (χ0v) is 11.8. The fraction of sp³-hybridized carbons (Fsp3) is 0.571. The number of piperidine rings is 1. The molecule has 110 valence electrons. The smallest absolute Gasteiger partial charge is 0.305 e. The second-order valence-corrected chi connectivity index (χ2v) is 5.44. The molecule has 0 saturated carbocycles. The van der Waals surface area contributed by atoms with Gasteiger partial charge in [0.15, 0.2) is 0 Å². The van der Waals surface area contributed by atoms with Crippen molar-refractivity contribution in [1.82, 2.24) is 10.2 Å². The van der Waals surface area contributed by atoms with E-state index in [1.807, 2.05) is 0 Å². The summed E-state index contributed by atoms with van der Waals surface area (Å²) in [5, 5.41) is 14.0. The maximum absolute atomic E-state index is 13.9. The molecule has 1 N–H and O–H groups in total. The molecule has 1 fully saturated rings. The lowest BCUT2D eigenvalue weighted by Gasteiger charge is -2.35. The molecule has 1 heterocycles. The molecule has 1 saturated heterocycles. The first-order valence-corrected chi connectivity index (χ1v) is 6.84. The normalized spacial score (nSPS) is 23.8. The van der Waals surface area contributed by atoms with Crippen molar-refractivity contribution in [3.8, 4) is 0 Å². The van der Waals surface area contributed by atoms with Gasteiger partial charge in [-0.2, -0.15) is 4.39 Å². The number of hydrogen-bond acceptors (Lipinski definition) is 4. The number of nitro benzene ring substituents is 1. The maximum atomic E-state index is 13.9. The number of hydrogen-bond donors (Lipinski definition) is 1. The second-order valence-electron chi connectivity index (χ2n) is 5.44. The molecule has 20 heavy (non-hydrogen) atoms. The van der Waals surface area contributed by atoms with E-state index in [2.05, 4.69) is 24.2 Å². The van der Waals surface area contributed by atoms with Crippen LogP contribution in [0, 0.1) is 15.9 Å². The van der Waals surface area contributed by atoms with E-state index < -0.39 is 16.4 Å². The first-order valence-electron chi connectivity index (χ1n) is 6.84. The van der Waals surface area contributed by atoms with Gasteiger partial charge in [-0.05, 0) is 33.4 Å². The minimum absolute atomic E-state index is 0.328. The molecule has 0 radical (unpaired) electrons. The summed E-state index contributed by atoms with van der Waals surface area (Å²) in [6.07, 6.45) is 2.02. The Morgan fingerprint density at radius 3 is 2.95 bits per heavy atom. The van der Waals surface area contributed by atoms with Crippen LogP contribution in [-0.2, 0) is 6.54 Å². The van der Waals surface area contributed by atoms with Crippen molar-refractivity contribution in [3.63, 3.8) is 0 Å². The summed E-state index contributed by atoms with van der Waals surface area (Å²) in [7, 11) is 2.10. The van der Waals surface area contributed by atoms with Crippen LogP contribution in [0.1, 0.15) is 25.3 Å². The van der Waals surface area contributed by atoms with E-state index in [1.54, 1.807) is 6.07 Å². The van der Waals surface area contributed by atoms with E-state index in [0.717, 1.165) is 19.4 Å². The number of nitrogens with one attached hydrogen (secondary N) is 1. The molecule has 2 atom stereocenters. The highest BCUT2D eigenvalue weighted by Gasteiger charge is 2.23. The van der Waals surface area contributed by atoms with Crippen LogP contribution in [0.3, 0.4) is 0 Å². The van der Waals surface area contributed by atoms with Crippen molar-refractivity contribution in [2.45, 2.75) is 38.4 Å². The van der Waals surface area contributed by atoms with Gasteiger partial charge >= 0.3 is 5.69 Å². The van der Waals surface area contributed by atoms with Crippen LogP contribution in [0.15, 0.2) is 18.2 Å². The Kier molecular flexibility index (Phi) is 4.67. The van der Waals surface area contributed by atoms with Gasteiger partial charge in [0, 0.05) is 30.3 Å². The largest absolute Gasteiger partial charge is 0.310 e. The Bertz CT molecular complexity index is 495. The lowest BCUT2D eigenvalue weighted by molar-refractivity contribution is -0.387. The van der Waals surface area contributed by atoms with Gasteiger partial charge in [0.05, 0.1) is 4.92 Å². The molecule has 2 rings (SSSR count). The fourth-order valence-corrected chi connectivity index (χ4v) is 2.57. The molecule has 6 heteroatoms. The van der Waals surface area contributed by atoms with Gasteiger partial charge in [0.1, 0.15) is 0 Å². The summed E-state index contributed by atoms with van der Waals surface area (Å²) >= 11 is 0. The van der Waals surface area contributed by atoms with Crippen molar-refractivity contribution in [3.05, 3.63) is 39.7 Å². The summed E-state index contributed by atoms with van der Waals surface area (Å²) in [6.45, 7) is 3.51. The zero-order valence-electron chi connectivity index (χ0n) is 11.8. The molecule has 5 nitrogen and oxygen atoms in total. The van der Waals surface area contributed by atoms with Gasteiger partial charge in [0.25, 0.3) is 0 Å². The first-order chi connectivity index (χ1) is 9.49. The second kappa shape index (κ2) is 6.28. The van der Waals surface area contributed by atoms with E-state index in [1.165, 1.54) is 12.1 Å². The third-order valence-electron chi connectivity index (χ3n) is 4.04. The van der Waals surface area contributed by atoms with Crippen molar-refractivity contribution >= 4 is 5.69 Å². The molecule has 2 unspecified atom stereocenters. The standard InChI is InChI=1S/C14H20FN3O2/c1-10-8-12(6-7-17(10)2)16-9-11-4-3-5-13(14(11)15)18(19)20/h3-5,10,12,16H,6-9H2,1-2H3. The minimum Gasteiger partial charge on any atom is -0.310 e. The Hall–Kier alpha value is -1.53. The van der Waals surface area contributed by atoms with E-state index >= 15 is 0 Å². The van der Waals surface area contributed by atoms with Crippen LogP contribution in [0.5, 0.6) is 0 Å². The predicted octanol–water partition coefficient (Wildman–Crippen LogP) is 2.31. The highest BCUT2D eigenvalue weighted by atomic mass is 19.1. The molecule has 0 spiro atoms. The molecule has 0 aromatic heterocycles.